The SMILES string of the molecule is COS(=O)(=O)OC.O/N=C/c1ccccn1. The molecule has 0 aliphatic rings. The zero-order chi connectivity index (χ0) is 12.4. The second kappa shape index (κ2) is 7.74. The maximum atomic E-state index is 9.92. The van der Waals surface area contributed by atoms with Crippen LogP contribution in [0, 0.1) is 0 Å². The summed E-state index contributed by atoms with van der Waals surface area (Å²) in [5, 5.41) is 10.9. The lowest BCUT2D eigenvalue weighted by Gasteiger charge is -1.91. The van der Waals surface area contributed by atoms with Gasteiger partial charge in [-0.05, 0) is 12.1 Å². The van der Waals surface area contributed by atoms with Crippen molar-refractivity contribution >= 4 is 16.6 Å². The van der Waals surface area contributed by atoms with Crippen molar-refractivity contribution in [1.82, 2.24) is 4.98 Å². The molecule has 1 aromatic heterocycles. The minimum absolute atomic E-state index is 0.653. The van der Waals surface area contributed by atoms with Crippen molar-refractivity contribution in [2.75, 3.05) is 14.2 Å². The van der Waals surface area contributed by atoms with Gasteiger partial charge in [-0.1, -0.05) is 11.2 Å². The second-order valence-electron chi connectivity index (χ2n) is 2.24. The summed E-state index contributed by atoms with van der Waals surface area (Å²) in [5.41, 5.74) is 0.653. The van der Waals surface area contributed by atoms with Crippen LogP contribution in [0.25, 0.3) is 0 Å². The first kappa shape index (κ1) is 14.5. The Labute approximate surface area is 93.7 Å². The molecule has 0 aliphatic carbocycles. The third-order valence-electron chi connectivity index (χ3n) is 1.29. The number of nitrogens with zero attached hydrogens (tertiary/aromatic N) is 2. The van der Waals surface area contributed by atoms with E-state index < -0.39 is 10.4 Å². The largest absolute Gasteiger partial charge is 0.411 e. The summed E-state index contributed by atoms with van der Waals surface area (Å²) in [6.45, 7) is 0. The van der Waals surface area contributed by atoms with Gasteiger partial charge in [-0.3, -0.25) is 13.4 Å². The minimum Gasteiger partial charge on any atom is -0.411 e. The van der Waals surface area contributed by atoms with Crippen molar-refractivity contribution in [3.63, 3.8) is 0 Å². The molecule has 0 unspecified atom stereocenters. The normalized spacial score (nSPS) is 10.9. The Morgan fingerprint density at radius 1 is 1.38 bits per heavy atom. The van der Waals surface area contributed by atoms with Crippen molar-refractivity contribution in [2.45, 2.75) is 0 Å². The molecule has 0 atom stereocenters. The van der Waals surface area contributed by atoms with Gasteiger partial charge < -0.3 is 5.21 Å². The van der Waals surface area contributed by atoms with E-state index in [9.17, 15) is 8.42 Å². The molecule has 1 heterocycles. The summed E-state index contributed by atoms with van der Waals surface area (Å²) >= 11 is 0. The summed E-state index contributed by atoms with van der Waals surface area (Å²) in [7, 11) is -1.60. The van der Waals surface area contributed by atoms with Crippen LogP contribution in [0.2, 0.25) is 0 Å². The van der Waals surface area contributed by atoms with Crippen molar-refractivity contribution in [3.8, 4) is 0 Å². The van der Waals surface area contributed by atoms with Crippen LogP contribution in [-0.4, -0.2) is 39.0 Å². The summed E-state index contributed by atoms with van der Waals surface area (Å²) in [5.74, 6) is 0. The van der Waals surface area contributed by atoms with Gasteiger partial charge in [0.15, 0.2) is 0 Å². The predicted molar refractivity (Wildman–Crippen MR) is 56.6 cm³/mol. The van der Waals surface area contributed by atoms with E-state index in [-0.39, 0.29) is 0 Å². The van der Waals surface area contributed by atoms with E-state index in [1.54, 1.807) is 18.3 Å². The first-order chi connectivity index (χ1) is 7.55. The maximum absolute atomic E-state index is 9.92. The molecule has 0 aliphatic heterocycles. The fourth-order valence-electron chi connectivity index (χ4n) is 0.580. The molecule has 0 spiro atoms. The van der Waals surface area contributed by atoms with E-state index in [0.717, 1.165) is 14.2 Å². The van der Waals surface area contributed by atoms with Crippen LogP contribution in [-0.2, 0) is 18.8 Å². The van der Waals surface area contributed by atoms with Crippen LogP contribution >= 0.6 is 0 Å². The Hall–Kier alpha value is -1.51. The highest BCUT2D eigenvalue weighted by molar-refractivity contribution is 7.81. The molecule has 1 N–H and O–H groups in total. The van der Waals surface area contributed by atoms with E-state index in [4.69, 9.17) is 5.21 Å². The third-order valence-corrected chi connectivity index (χ3v) is 2.10. The molecule has 0 radical (unpaired) electrons. The maximum Gasteiger partial charge on any atom is 0.399 e. The first-order valence-electron chi connectivity index (χ1n) is 4.00. The van der Waals surface area contributed by atoms with Gasteiger partial charge in [0.1, 0.15) is 0 Å². The highest BCUT2D eigenvalue weighted by atomic mass is 32.3. The molecule has 0 fully saturated rings. The van der Waals surface area contributed by atoms with Crippen LogP contribution in [0.4, 0.5) is 0 Å². The van der Waals surface area contributed by atoms with Crippen LogP contribution in [0.3, 0.4) is 0 Å². The predicted octanol–water partition coefficient (Wildman–Crippen LogP) is 0.414. The molecular weight excluding hydrogens is 236 g/mol. The van der Waals surface area contributed by atoms with Crippen LogP contribution in [0.5, 0.6) is 0 Å². The quantitative estimate of drug-likeness (QED) is 0.472. The molecule has 0 bridgehead atoms. The second-order valence-corrected chi connectivity index (χ2v) is 3.72. The highest BCUT2D eigenvalue weighted by Gasteiger charge is 2.01. The van der Waals surface area contributed by atoms with Crippen LogP contribution in [0.1, 0.15) is 5.69 Å². The third kappa shape index (κ3) is 6.87. The van der Waals surface area contributed by atoms with E-state index >= 15 is 0 Å². The van der Waals surface area contributed by atoms with Gasteiger partial charge in [0.2, 0.25) is 0 Å². The molecule has 8 heteroatoms. The molecule has 0 saturated heterocycles. The monoisotopic (exact) mass is 248 g/mol. The standard InChI is InChI=1S/C6H6N2O.C2H6O4S/c9-8-5-6-3-1-2-4-7-6;1-5-7(3,4)6-2/h1-5,9H;1-2H3/b8-5+;. The Balaban J connectivity index is 0.000000293. The molecule has 90 valence electrons. The van der Waals surface area contributed by atoms with Crippen molar-refractivity contribution in [1.29, 1.82) is 0 Å². The van der Waals surface area contributed by atoms with Gasteiger partial charge in [0, 0.05) is 6.20 Å². The van der Waals surface area contributed by atoms with Crippen molar-refractivity contribution in [3.05, 3.63) is 30.1 Å². The zero-order valence-electron chi connectivity index (χ0n) is 8.77. The minimum atomic E-state index is -3.66. The van der Waals surface area contributed by atoms with E-state index in [2.05, 4.69) is 18.5 Å². The number of hydrogen-bond acceptors (Lipinski definition) is 7. The Morgan fingerprint density at radius 2 is 2.00 bits per heavy atom. The van der Waals surface area contributed by atoms with Crippen LogP contribution < -0.4 is 0 Å². The number of hydrogen-bond donors (Lipinski definition) is 1. The first-order valence-corrected chi connectivity index (χ1v) is 5.33. The average Bonchev–Trinajstić information content (AvgIpc) is 2.32. The molecule has 16 heavy (non-hydrogen) atoms. The van der Waals surface area contributed by atoms with Gasteiger partial charge in [-0.2, -0.15) is 8.42 Å². The van der Waals surface area contributed by atoms with Gasteiger partial charge >= 0.3 is 10.4 Å². The van der Waals surface area contributed by atoms with Gasteiger partial charge in [0.25, 0.3) is 0 Å². The lowest BCUT2D eigenvalue weighted by Crippen LogP contribution is -2.02. The fraction of sp³-hybridized carbons (Fsp3) is 0.250. The molecule has 7 nitrogen and oxygen atoms in total. The zero-order valence-corrected chi connectivity index (χ0v) is 9.59. The average molecular weight is 248 g/mol. The number of aromatic nitrogens is 1. The van der Waals surface area contributed by atoms with Crippen molar-refractivity contribution < 1.29 is 22.0 Å². The Morgan fingerprint density at radius 3 is 2.31 bits per heavy atom. The van der Waals surface area contributed by atoms with Gasteiger partial charge in [0.05, 0.1) is 26.1 Å². The summed E-state index contributed by atoms with van der Waals surface area (Å²) in [6, 6.07) is 5.37. The van der Waals surface area contributed by atoms with Crippen molar-refractivity contribution in [2.24, 2.45) is 5.16 Å². The summed E-state index contributed by atoms with van der Waals surface area (Å²) < 4.78 is 27.5. The van der Waals surface area contributed by atoms with Gasteiger partial charge in [-0.15, -0.1) is 0 Å². The number of oxime groups is 1. The Kier molecular flexibility index (Phi) is 7.01. The van der Waals surface area contributed by atoms with Gasteiger partial charge in [-0.25, -0.2) is 0 Å². The Bertz CT molecular complexity index is 394. The molecule has 0 saturated carbocycles. The lowest BCUT2D eigenvalue weighted by molar-refractivity contribution is 0.286. The highest BCUT2D eigenvalue weighted by Crippen LogP contribution is 1.86. The topological polar surface area (TPSA) is 98.1 Å². The smallest absolute Gasteiger partial charge is 0.399 e. The summed E-state index contributed by atoms with van der Waals surface area (Å²) in [6.07, 6.45) is 2.91. The molecule has 0 aromatic carbocycles. The lowest BCUT2D eigenvalue weighted by atomic mass is 10.4. The molecular formula is C8H12N2O5S. The van der Waals surface area contributed by atoms with E-state index in [1.165, 1.54) is 6.21 Å². The fourth-order valence-corrected chi connectivity index (χ4v) is 0.716. The number of rotatable bonds is 3. The number of pyridine rings is 1. The summed E-state index contributed by atoms with van der Waals surface area (Å²) in [4.78, 5) is 3.86. The van der Waals surface area contributed by atoms with Crippen LogP contribution in [0.15, 0.2) is 29.6 Å². The van der Waals surface area contributed by atoms with E-state index in [0.29, 0.717) is 5.69 Å². The van der Waals surface area contributed by atoms with E-state index in [1.807, 2.05) is 6.07 Å². The molecule has 0 amide bonds. The molecule has 1 aromatic rings. The molecule has 1 rings (SSSR count).